The second-order valence-corrected chi connectivity index (χ2v) is 6.14. The van der Waals surface area contributed by atoms with Crippen LogP contribution in [-0.4, -0.2) is 14.8 Å². The van der Waals surface area contributed by atoms with E-state index in [4.69, 9.17) is 4.42 Å². The summed E-state index contributed by atoms with van der Waals surface area (Å²) in [4.78, 5) is 4.32. The van der Waals surface area contributed by atoms with Crippen LogP contribution in [-0.2, 0) is 0 Å². The molecule has 0 saturated heterocycles. The van der Waals surface area contributed by atoms with E-state index in [-0.39, 0.29) is 6.04 Å². The third-order valence-corrected chi connectivity index (χ3v) is 4.55. The lowest BCUT2D eigenvalue weighted by molar-refractivity contribution is 0.448. The van der Waals surface area contributed by atoms with Gasteiger partial charge in [-0.25, -0.2) is 4.68 Å². The molecule has 5 rings (SSSR count). The number of furan rings is 1. The van der Waals surface area contributed by atoms with Crippen LogP contribution in [0.3, 0.4) is 0 Å². The van der Waals surface area contributed by atoms with Crippen LogP contribution in [0.4, 0.5) is 5.95 Å². The highest BCUT2D eigenvalue weighted by atomic mass is 16.3. The maximum atomic E-state index is 5.60. The van der Waals surface area contributed by atoms with E-state index < -0.39 is 0 Å². The quantitative estimate of drug-likeness (QED) is 0.592. The van der Waals surface area contributed by atoms with Crippen LogP contribution < -0.4 is 5.32 Å². The van der Waals surface area contributed by atoms with E-state index in [9.17, 15) is 0 Å². The van der Waals surface area contributed by atoms with Gasteiger partial charge in [-0.05, 0) is 34.9 Å². The third-order valence-electron chi connectivity index (χ3n) is 4.55. The van der Waals surface area contributed by atoms with Crippen LogP contribution >= 0.6 is 0 Å². The molecule has 1 aliphatic rings. The van der Waals surface area contributed by atoms with Gasteiger partial charge in [-0.2, -0.15) is 10.1 Å². The van der Waals surface area contributed by atoms with Gasteiger partial charge in [0.2, 0.25) is 5.95 Å². The lowest BCUT2D eigenvalue weighted by Gasteiger charge is -2.22. The van der Waals surface area contributed by atoms with Crippen LogP contribution in [0.25, 0.3) is 16.8 Å². The fourth-order valence-corrected chi connectivity index (χ4v) is 3.24. The Morgan fingerprint density at radius 2 is 1.62 bits per heavy atom. The largest absolute Gasteiger partial charge is 0.467 e. The molecule has 1 aliphatic heterocycles. The van der Waals surface area contributed by atoms with Crippen molar-refractivity contribution < 1.29 is 4.42 Å². The van der Waals surface area contributed by atoms with E-state index in [0.717, 1.165) is 17.0 Å². The molecule has 3 heterocycles. The number of anilines is 1. The average Bonchev–Trinajstić information content (AvgIpc) is 3.40. The fraction of sp³-hybridized carbons (Fsp3) is 0.0476. The molecule has 0 radical (unpaired) electrons. The van der Waals surface area contributed by atoms with Gasteiger partial charge >= 0.3 is 0 Å². The molecule has 5 nitrogen and oxygen atoms in total. The van der Waals surface area contributed by atoms with Crippen molar-refractivity contribution in [3.63, 3.8) is 0 Å². The first kappa shape index (κ1) is 14.7. The Morgan fingerprint density at radius 3 is 2.38 bits per heavy atom. The molecule has 2 aromatic carbocycles. The number of aromatic nitrogens is 3. The minimum atomic E-state index is -0.118. The van der Waals surface area contributed by atoms with Crippen LogP contribution in [0.15, 0.2) is 89.8 Å². The van der Waals surface area contributed by atoms with Gasteiger partial charge in [-0.3, -0.25) is 0 Å². The minimum Gasteiger partial charge on any atom is -0.467 e. The molecule has 0 unspecified atom stereocenters. The highest BCUT2D eigenvalue weighted by Gasteiger charge is 2.25. The molecule has 4 aromatic rings. The summed E-state index contributed by atoms with van der Waals surface area (Å²) >= 11 is 0. The number of nitrogens with zero attached hydrogens (tertiary/aromatic N) is 3. The molecule has 0 saturated carbocycles. The average molecular weight is 340 g/mol. The van der Waals surface area contributed by atoms with Crippen molar-refractivity contribution in [1.29, 1.82) is 0 Å². The maximum absolute atomic E-state index is 5.60. The van der Waals surface area contributed by atoms with Crippen LogP contribution in [0.5, 0.6) is 0 Å². The molecule has 26 heavy (non-hydrogen) atoms. The fourth-order valence-electron chi connectivity index (χ4n) is 3.24. The number of rotatable bonds is 3. The summed E-state index contributed by atoms with van der Waals surface area (Å²) in [5.74, 6) is 1.53. The predicted octanol–water partition coefficient (Wildman–Crippen LogP) is 4.59. The number of fused-ring (bicyclic) bond motifs is 1. The summed E-state index contributed by atoms with van der Waals surface area (Å²) in [5, 5.41) is 7.67. The van der Waals surface area contributed by atoms with Crippen molar-refractivity contribution >= 4 is 11.6 Å². The second-order valence-electron chi connectivity index (χ2n) is 6.14. The lowest BCUT2D eigenvalue weighted by atomic mass is 10.0. The first-order valence-electron chi connectivity index (χ1n) is 8.46. The number of hydrogen-bond acceptors (Lipinski definition) is 4. The van der Waals surface area contributed by atoms with Crippen molar-refractivity contribution in [2.75, 3.05) is 5.32 Å². The summed E-state index contributed by atoms with van der Waals surface area (Å²) in [6.07, 6.45) is 5.34. The highest BCUT2D eigenvalue weighted by Crippen LogP contribution is 2.32. The van der Waals surface area contributed by atoms with E-state index in [1.165, 1.54) is 11.1 Å². The third kappa shape index (κ3) is 2.50. The first-order valence-corrected chi connectivity index (χ1v) is 8.46. The summed E-state index contributed by atoms with van der Waals surface area (Å²) in [6.45, 7) is 0. The summed E-state index contributed by atoms with van der Waals surface area (Å²) in [6, 6.07) is 22.6. The summed E-state index contributed by atoms with van der Waals surface area (Å²) < 4.78 is 7.42. The predicted molar refractivity (Wildman–Crippen MR) is 100 cm³/mol. The minimum absolute atomic E-state index is 0.118. The Morgan fingerprint density at radius 1 is 0.846 bits per heavy atom. The van der Waals surface area contributed by atoms with Crippen LogP contribution in [0.2, 0.25) is 0 Å². The van der Waals surface area contributed by atoms with Gasteiger partial charge in [-0.15, -0.1) is 0 Å². The Bertz CT molecular complexity index is 1050. The Labute approximate surface area is 150 Å². The number of nitrogens with one attached hydrogen (secondary N) is 1. The van der Waals surface area contributed by atoms with Crippen LogP contribution in [0, 0.1) is 0 Å². The zero-order valence-electron chi connectivity index (χ0n) is 13.9. The van der Waals surface area contributed by atoms with E-state index in [2.05, 4.69) is 70.0 Å². The molecule has 0 spiro atoms. The molecule has 0 fully saturated rings. The summed E-state index contributed by atoms with van der Waals surface area (Å²) in [5.41, 5.74) is 4.48. The van der Waals surface area contributed by atoms with Crippen molar-refractivity contribution in [3.8, 4) is 11.1 Å². The smallest absolute Gasteiger partial charge is 0.226 e. The van der Waals surface area contributed by atoms with Gasteiger partial charge in [0.15, 0.2) is 0 Å². The van der Waals surface area contributed by atoms with Crippen molar-refractivity contribution in [2.24, 2.45) is 0 Å². The highest BCUT2D eigenvalue weighted by molar-refractivity contribution is 5.78. The Balaban J connectivity index is 1.52. The van der Waals surface area contributed by atoms with Gasteiger partial charge in [0.1, 0.15) is 18.1 Å². The molecule has 1 atom stereocenters. The molecule has 5 heteroatoms. The van der Waals surface area contributed by atoms with E-state index in [1.807, 2.05) is 22.9 Å². The van der Waals surface area contributed by atoms with E-state index in [0.29, 0.717) is 5.95 Å². The first-order chi connectivity index (χ1) is 12.9. The van der Waals surface area contributed by atoms with Gasteiger partial charge < -0.3 is 9.73 Å². The number of benzene rings is 2. The topological polar surface area (TPSA) is 55.9 Å². The van der Waals surface area contributed by atoms with E-state index >= 15 is 0 Å². The number of hydrogen-bond donors (Lipinski definition) is 1. The number of allylic oxidation sites excluding steroid dienone is 1. The molecule has 2 aromatic heterocycles. The Hall–Kier alpha value is -3.60. The Kier molecular flexibility index (Phi) is 3.42. The van der Waals surface area contributed by atoms with Crippen molar-refractivity contribution in [2.45, 2.75) is 6.04 Å². The molecular formula is C21H16N4O. The SMILES string of the molecule is C1=C(c2ccc(-c3ccccc3)cc2)Nc2ncnn2[C@@H]1c1ccco1. The van der Waals surface area contributed by atoms with Gasteiger partial charge in [0, 0.05) is 5.70 Å². The second kappa shape index (κ2) is 6.04. The monoisotopic (exact) mass is 340 g/mol. The van der Waals surface area contributed by atoms with Gasteiger partial charge in [0.25, 0.3) is 0 Å². The molecule has 0 aliphatic carbocycles. The standard InChI is InChI=1S/C21H16N4O/c1-2-5-15(6-3-1)16-8-10-17(11-9-16)18-13-19(20-7-4-12-26-20)25-21(24-18)22-14-23-25/h1-14,19H,(H,22,23,24)/t19-/m0/s1. The maximum Gasteiger partial charge on any atom is 0.226 e. The molecular weight excluding hydrogens is 324 g/mol. The lowest BCUT2D eigenvalue weighted by Crippen LogP contribution is -2.19. The van der Waals surface area contributed by atoms with Gasteiger partial charge in [-0.1, -0.05) is 54.6 Å². The zero-order valence-corrected chi connectivity index (χ0v) is 13.9. The van der Waals surface area contributed by atoms with Crippen molar-refractivity contribution in [1.82, 2.24) is 14.8 Å². The normalized spacial score (nSPS) is 15.8. The molecule has 0 amide bonds. The molecule has 1 N–H and O–H groups in total. The van der Waals surface area contributed by atoms with Gasteiger partial charge in [0.05, 0.1) is 6.26 Å². The molecule has 0 bridgehead atoms. The zero-order chi connectivity index (χ0) is 17.3. The summed E-state index contributed by atoms with van der Waals surface area (Å²) in [7, 11) is 0. The van der Waals surface area contributed by atoms with E-state index in [1.54, 1.807) is 12.6 Å². The molecule has 126 valence electrons. The van der Waals surface area contributed by atoms with Crippen molar-refractivity contribution in [3.05, 3.63) is 96.7 Å². The van der Waals surface area contributed by atoms with Crippen LogP contribution in [0.1, 0.15) is 17.4 Å².